The average molecular weight is 395 g/mol. The molecule has 0 bridgehead atoms. The molecule has 2 aromatic rings. The van der Waals surface area contributed by atoms with Crippen molar-refractivity contribution in [2.75, 3.05) is 18.0 Å². The summed E-state index contributed by atoms with van der Waals surface area (Å²) in [6.07, 6.45) is 0. The number of aliphatic carboxylic acids is 1. The second-order valence-electron chi connectivity index (χ2n) is 5.69. The minimum atomic E-state index is -3.89. The molecule has 0 aromatic heterocycles. The third kappa shape index (κ3) is 3.02. The van der Waals surface area contributed by atoms with Crippen LogP contribution in [0.25, 0.3) is 0 Å². The van der Waals surface area contributed by atoms with Gasteiger partial charge in [-0.25, -0.2) is 13.2 Å². The van der Waals surface area contributed by atoms with Gasteiger partial charge in [-0.3, -0.25) is 4.31 Å². The summed E-state index contributed by atoms with van der Waals surface area (Å²) in [7, 11) is -2.44. The number of para-hydroxylation sites is 1. The van der Waals surface area contributed by atoms with Crippen molar-refractivity contribution < 1.29 is 23.2 Å². The normalized spacial score (nSPS) is 16.6. The molecule has 0 saturated carbocycles. The van der Waals surface area contributed by atoms with Crippen molar-refractivity contribution >= 4 is 39.0 Å². The Kier molecular flexibility index (Phi) is 4.64. The van der Waals surface area contributed by atoms with E-state index in [1.165, 1.54) is 23.5 Å². The SMILES string of the molecule is Cc1cccc2c1N(C)S(=O)(=O)c1cc(Cl)ccc1/C2=N/OCC(=O)O. The van der Waals surface area contributed by atoms with Crippen LogP contribution >= 0.6 is 11.6 Å². The van der Waals surface area contributed by atoms with E-state index in [9.17, 15) is 13.2 Å². The predicted octanol–water partition coefficient (Wildman–Crippen LogP) is 2.64. The van der Waals surface area contributed by atoms with E-state index in [2.05, 4.69) is 5.16 Å². The number of anilines is 1. The Morgan fingerprint density at radius 2 is 2.00 bits per heavy atom. The maximum Gasteiger partial charge on any atom is 0.344 e. The van der Waals surface area contributed by atoms with E-state index in [0.29, 0.717) is 11.3 Å². The van der Waals surface area contributed by atoms with Gasteiger partial charge in [0.1, 0.15) is 5.71 Å². The van der Waals surface area contributed by atoms with Gasteiger partial charge in [0.25, 0.3) is 10.0 Å². The maximum absolute atomic E-state index is 13.1. The van der Waals surface area contributed by atoms with E-state index in [-0.39, 0.29) is 21.2 Å². The van der Waals surface area contributed by atoms with Crippen LogP contribution in [0.5, 0.6) is 0 Å². The molecule has 1 heterocycles. The van der Waals surface area contributed by atoms with Gasteiger partial charge < -0.3 is 9.94 Å². The fourth-order valence-corrected chi connectivity index (χ4v) is 4.57. The molecule has 1 N–H and O–H groups in total. The van der Waals surface area contributed by atoms with Crippen LogP contribution in [0.2, 0.25) is 5.02 Å². The molecule has 0 radical (unpaired) electrons. The minimum Gasteiger partial charge on any atom is -0.479 e. The number of hydrogen-bond acceptors (Lipinski definition) is 5. The van der Waals surface area contributed by atoms with Gasteiger partial charge in [-0.1, -0.05) is 35.0 Å². The highest BCUT2D eigenvalue weighted by Crippen LogP contribution is 2.37. The number of nitrogens with zero attached hydrogens (tertiary/aromatic N) is 2. The van der Waals surface area contributed by atoms with Crippen LogP contribution in [0.4, 0.5) is 5.69 Å². The zero-order valence-electron chi connectivity index (χ0n) is 13.9. The van der Waals surface area contributed by atoms with Crippen molar-refractivity contribution in [2.24, 2.45) is 5.16 Å². The number of sulfonamides is 1. The Hall–Kier alpha value is -2.58. The van der Waals surface area contributed by atoms with Gasteiger partial charge in [0, 0.05) is 23.2 Å². The Balaban J connectivity index is 2.36. The second kappa shape index (κ2) is 6.62. The standard InChI is InChI=1S/C17H15ClN2O5S/c1-10-4-3-5-13-16(19-25-9-15(21)22)12-7-6-11(18)8-14(12)26(23,24)20(2)17(10)13/h3-8H,9H2,1-2H3,(H,21,22)/b19-16-. The molecule has 0 spiro atoms. The molecule has 2 aromatic carbocycles. The third-order valence-electron chi connectivity index (χ3n) is 3.99. The molecule has 0 atom stereocenters. The number of carbonyl (C=O) groups is 1. The molecule has 0 amide bonds. The summed E-state index contributed by atoms with van der Waals surface area (Å²) in [5.74, 6) is -1.19. The number of carboxylic acids is 1. The molecular formula is C17H15ClN2O5S. The van der Waals surface area contributed by atoms with E-state index < -0.39 is 22.6 Å². The summed E-state index contributed by atoms with van der Waals surface area (Å²) in [6.45, 7) is 1.14. The molecule has 136 valence electrons. The van der Waals surface area contributed by atoms with Gasteiger partial charge in [0.15, 0.2) is 0 Å². The van der Waals surface area contributed by atoms with E-state index in [1.807, 2.05) is 0 Å². The van der Waals surface area contributed by atoms with Gasteiger partial charge in [-0.2, -0.15) is 0 Å². The van der Waals surface area contributed by atoms with Crippen LogP contribution in [0, 0.1) is 6.92 Å². The van der Waals surface area contributed by atoms with Crippen LogP contribution in [0.15, 0.2) is 46.4 Å². The first-order valence-corrected chi connectivity index (χ1v) is 9.36. The highest BCUT2D eigenvalue weighted by molar-refractivity contribution is 7.93. The summed E-state index contributed by atoms with van der Waals surface area (Å²) in [5, 5.41) is 13.0. The third-order valence-corrected chi connectivity index (χ3v) is 6.02. The highest BCUT2D eigenvalue weighted by Gasteiger charge is 2.34. The smallest absolute Gasteiger partial charge is 0.344 e. The molecule has 1 aliphatic heterocycles. The van der Waals surface area contributed by atoms with Crippen molar-refractivity contribution in [2.45, 2.75) is 11.8 Å². The van der Waals surface area contributed by atoms with Crippen LogP contribution in [0.3, 0.4) is 0 Å². The monoisotopic (exact) mass is 394 g/mol. The Morgan fingerprint density at radius 3 is 2.69 bits per heavy atom. The van der Waals surface area contributed by atoms with Gasteiger partial charge in [-0.05, 0) is 30.7 Å². The molecule has 0 unspecified atom stereocenters. The highest BCUT2D eigenvalue weighted by atomic mass is 35.5. The molecule has 0 fully saturated rings. The zero-order chi connectivity index (χ0) is 19.1. The molecule has 7 nitrogen and oxygen atoms in total. The minimum absolute atomic E-state index is 0.0271. The molecule has 1 aliphatic rings. The van der Waals surface area contributed by atoms with Gasteiger partial charge in [0.2, 0.25) is 6.61 Å². The molecule has 3 rings (SSSR count). The number of benzene rings is 2. The summed E-state index contributed by atoms with van der Waals surface area (Å²) >= 11 is 6.01. The topological polar surface area (TPSA) is 96.3 Å². The molecule has 0 saturated heterocycles. The van der Waals surface area contributed by atoms with E-state index in [4.69, 9.17) is 21.5 Å². The first-order chi connectivity index (χ1) is 12.2. The van der Waals surface area contributed by atoms with Crippen LogP contribution in [0.1, 0.15) is 16.7 Å². The number of carboxylic acid groups (broad SMARTS) is 1. The molecule has 0 aliphatic carbocycles. The Bertz CT molecular complexity index is 1030. The van der Waals surface area contributed by atoms with Crippen LogP contribution < -0.4 is 4.31 Å². The lowest BCUT2D eigenvalue weighted by atomic mass is 9.98. The molecule has 9 heteroatoms. The van der Waals surface area contributed by atoms with E-state index in [0.717, 1.165) is 5.56 Å². The van der Waals surface area contributed by atoms with Crippen molar-refractivity contribution in [1.29, 1.82) is 0 Å². The predicted molar refractivity (Wildman–Crippen MR) is 97.4 cm³/mol. The Labute approximate surface area is 155 Å². The van der Waals surface area contributed by atoms with Crippen molar-refractivity contribution in [3.05, 3.63) is 58.1 Å². The summed E-state index contributed by atoms with van der Waals surface area (Å²) < 4.78 is 27.4. The lowest BCUT2D eigenvalue weighted by Gasteiger charge is -2.21. The second-order valence-corrected chi connectivity index (χ2v) is 8.07. The van der Waals surface area contributed by atoms with Crippen molar-refractivity contribution in [3.8, 4) is 0 Å². The lowest BCUT2D eigenvalue weighted by Crippen LogP contribution is -2.27. The molecular weight excluding hydrogens is 380 g/mol. The Morgan fingerprint density at radius 1 is 1.27 bits per heavy atom. The molecule has 26 heavy (non-hydrogen) atoms. The average Bonchev–Trinajstić information content (AvgIpc) is 2.63. The summed E-state index contributed by atoms with van der Waals surface area (Å²) in [5.41, 5.74) is 2.19. The fourth-order valence-electron chi connectivity index (χ4n) is 2.84. The maximum atomic E-state index is 13.1. The number of fused-ring (bicyclic) bond motifs is 2. The first-order valence-electron chi connectivity index (χ1n) is 7.54. The number of rotatable bonds is 3. The van der Waals surface area contributed by atoms with Crippen molar-refractivity contribution in [3.63, 3.8) is 0 Å². The zero-order valence-corrected chi connectivity index (χ0v) is 15.5. The lowest BCUT2D eigenvalue weighted by molar-refractivity contribution is -0.142. The van der Waals surface area contributed by atoms with Gasteiger partial charge in [0.05, 0.1) is 10.6 Å². The number of hydrogen-bond donors (Lipinski definition) is 1. The first kappa shape index (κ1) is 18.2. The summed E-state index contributed by atoms with van der Waals surface area (Å²) in [6, 6.07) is 9.68. The van der Waals surface area contributed by atoms with E-state index >= 15 is 0 Å². The number of aryl methyl sites for hydroxylation is 1. The summed E-state index contributed by atoms with van der Waals surface area (Å²) in [4.78, 5) is 15.6. The van der Waals surface area contributed by atoms with Crippen LogP contribution in [-0.4, -0.2) is 38.9 Å². The number of oxime groups is 1. The van der Waals surface area contributed by atoms with Crippen LogP contribution in [-0.2, 0) is 19.7 Å². The fraction of sp³-hybridized carbons (Fsp3) is 0.176. The van der Waals surface area contributed by atoms with Gasteiger partial charge >= 0.3 is 5.97 Å². The van der Waals surface area contributed by atoms with Crippen molar-refractivity contribution in [1.82, 2.24) is 0 Å². The van der Waals surface area contributed by atoms with Gasteiger partial charge in [-0.15, -0.1) is 0 Å². The quantitative estimate of drug-likeness (QED) is 0.807. The number of halogens is 1. The largest absolute Gasteiger partial charge is 0.479 e. The van der Waals surface area contributed by atoms with E-state index in [1.54, 1.807) is 31.2 Å².